The minimum absolute atomic E-state index is 0.0365. The summed E-state index contributed by atoms with van der Waals surface area (Å²) < 4.78 is 5.18. The van der Waals surface area contributed by atoms with Crippen molar-refractivity contribution in [1.29, 1.82) is 0 Å². The Labute approximate surface area is 128 Å². The van der Waals surface area contributed by atoms with Gasteiger partial charge in [-0.15, -0.1) is 0 Å². The molecule has 1 aromatic heterocycles. The predicted molar refractivity (Wildman–Crippen MR) is 85.4 cm³/mol. The van der Waals surface area contributed by atoms with E-state index in [9.17, 15) is 0 Å². The van der Waals surface area contributed by atoms with Crippen LogP contribution in [0.5, 0.6) is 0 Å². The van der Waals surface area contributed by atoms with E-state index in [4.69, 9.17) is 34.1 Å². The number of aromatic nitrogens is 1. The van der Waals surface area contributed by atoms with Gasteiger partial charge in [-0.3, -0.25) is 0 Å². The van der Waals surface area contributed by atoms with Crippen LogP contribution >= 0.6 is 23.8 Å². The van der Waals surface area contributed by atoms with Crippen LogP contribution in [-0.4, -0.2) is 10.1 Å². The summed E-state index contributed by atoms with van der Waals surface area (Å²) in [6, 6.07) is 5.50. The zero-order chi connectivity index (χ0) is 14.9. The molecule has 0 saturated carbocycles. The molecule has 0 amide bonds. The van der Waals surface area contributed by atoms with E-state index < -0.39 is 0 Å². The number of thiocarbonyl (C=S) groups is 1. The number of nitrogens with two attached hydrogens (primary N) is 1. The van der Waals surface area contributed by atoms with Gasteiger partial charge in [0.15, 0.2) is 0 Å². The monoisotopic (exact) mass is 309 g/mol. The van der Waals surface area contributed by atoms with Crippen molar-refractivity contribution in [3.8, 4) is 0 Å². The Hall–Kier alpha value is -1.59. The van der Waals surface area contributed by atoms with Crippen LogP contribution in [0.25, 0.3) is 0 Å². The molecule has 0 saturated heterocycles. The van der Waals surface area contributed by atoms with Crippen molar-refractivity contribution < 1.29 is 4.52 Å². The number of nitrogens with zero attached hydrogens (tertiary/aromatic N) is 1. The molecule has 0 spiro atoms. The molecule has 0 aliphatic heterocycles. The maximum Gasteiger partial charge on any atom is 0.139 e. The van der Waals surface area contributed by atoms with Crippen molar-refractivity contribution >= 4 is 34.5 Å². The zero-order valence-corrected chi connectivity index (χ0v) is 13.1. The van der Waals surface area contributed by atoms with Crippen LogP contribution in [0.2, 0.25) is 5.02 Å². The Morgan fingerprint density at radius 3 is 2.65 bits per heavy atom. The number of rotatable bonds is 4. The molecule has 6 heteroatoms. The lowest BCUT2D eigenvalue weighted by Gasteiger charge is -2.16. The average Bonchev–Trinajstić information content (AvgIpc) is 2.71. The van der Waals surface area contributed by atoms with E-state index in [0.29, 0.717) is 10.0 Å². The molecule has 0 fully saturated rings. The van der Waals surface area contributed by atoms with E-state index in [1.54, 1.807) is 6.07 Å². The average molecular weight is 310 g/mol. The third kappa shape index (κ3) is 2.94. The smallest absolute Gasteiger partial charge is 0.139 e. The lowest BCUT2D eigenvalue weighted by Crippen LogP contribution is -2.11. The second-order valence-corrected chi connectivity index (χ2v) is 5.51. The minimum atomic E-state index is 0.0365. The molecule has 4 nitrogen and oxygen atoms in total. The number of hydrogen-bond acceptors (Lipinski definition) is 4. The highest BCUT2D eigenvalue weighted by molar-refractivity contribution is 7.80. The van der Waals surface area contributed by atoms with Crippen molar-refractivity contribution in [2.75, 3.05) is 5.32 Å². The van der Waals surface area contributed by atoms with Crippen LogP contribution in [0.15, 0.2) is 22.7 Å². The van der Waals surface area contributed by atoms with Crippen LogP contribution < -0.4 is 11.1 Å². The SMILES string of the molecule is Cc1noc(C)c1C(C)Nc1ccc(C(N)=S)cc1Cl. The first-order chi connectivity index (χ1) is 9.40. The van der Waals surface area contributed by atoms with Crippen LogP contribution in [0.3, 0.4) is 0 Å². The molecular weight excluding hydrogens is 294 g/mol. The molecule has 2 aromatic rings. The zero-order valence-electron chi connectivity index (χ0n) is 11.5. The minimum Gasteiger partial charge on any atom is -0.389 e. The fourth-order valence-electron chi connectivity index (χ4n) is 2.20. The summed E-state index contributed by atoms with van der Waals surface area (Å²) >= 11 is 11.2. The van der Waals surface area contributed by atoms with Gasteiger partial charge in [0, 0.05) is 11.1 Å². The third-order valence-corrected chi connectivity index (χ3v) is 3.70. The standard InChI is InChI=1S/C14H16ClN3OS/c1-7(13-8(2)18-19-9(13)3)17-12-5-4-10(14(16)20)6-11(12)15/h4-7,17H,1-3H3,(H2,16,20). The molecule has 3 N–H and O–H groups in total. The Morgan fingerprint density at radius 1 is 1.45 bits per heavy atom. The van der Waals surface area contributed by atoms with Crippen molar-refractivity contribution in [2.45, 2.75) is 26.8 Å². The van der Waals surface area contributed by atoms with Gasteiger partial charge >= 0.3 is 0 Å². The molecule has 1 aromatic carbocycles. The first kappa shape index (κ1) is 14.8. The maximum absolute atomic E-state index is 6.24. The Bertz CT molecular complexity index is 634. The van der Waals surface area contributed by atoms with Gasteiger partial charge in [-0.25, -0.2) is 0 Å². The van der Waals surface area contributed by atoms with Crippen molar-refractivity contribution in [3.63, 3.8) is 0 Å². The Balaban J connectivity index is 2.24. The van der Waals surface area contributed by atoms with Crippen LogP contribution in [0, 0.1) is 13.8 Å². The molecule has 1 heterocycles. The Kier molecular flexibility index (Phi) is 4.30. The maximum atomic E-state index is 6.24. The largest absolute Gasteiger partial charge is 0.389 e. The fourth-order valence-corrected chi connectivity index (χ4v) is 2.56. The molecule has 0 radical (unpaired) electrons. The highest BCUT2D eigenvalue weighted by atomic mass is 35.5. The van der Waals surface area contributed by atoms with Gasteiger partial charge in [-0.05, 0) is 39.0 Å². The molecule has 2 rings (SSSR count). The number of benzene rings is 1. The molecule has 1 unspecified atom stereocenters. The second kappa shape index (κ2) is 5.81. The third-order valence-electron chi connectivity index (χ3n) is 3.15. The van der Waals surface area contributed by atoms with Gasteiger partial charge < -0.3 is 15.6 Å². The summed E-state index contributed by atoms with van der Waals surface area (Å²) in [7, 11) is 0. The van der Waals surface area contributed by atoms with Crippen LogP contribution in [0.1, 0.15) is 35.5 Å². The first-order valence-electron chi connectivity index (χ1n) is 6.18. The summed E-state index contributed by atoms with van der Waals surface area (Å²) in [6.07, 6.45) is 0. The molecule has 20 heavy (non-hydrogen) atoms. The second-order valence-electron chi connectivity index (χ2n) is 4.66. The van der Waals surface area contributed by atoms with Gasteiger partial charge in [0.1, 0.15) is 10.7 Å². The van der Waals surface area contributed by atoms with Gasteiger partial charge in [-0.2, -0.15) is 0 Å². The van der Waals surface area contributed by atoms with E-state index >= 15 is 0 Å². The molecule has 0 bridgehead atoms. The highest BCUT2D eigenvalue weighted by Crippen LogP contribution is 2.29. The quantitative estimate of drug-likeness (QED) is 0.842. The lowest BCUT2D eigenvalue weighted by atomic mass is 10.1. The van der Waals surface area contributed by atoms with Gasteiger partial charge in [0.2, 0.25) is 0 Å². The number of halogens is 1. The topological polar surface area (TPSA) is 64.1 Å². The van der Waals surface area contributed by atoms with E-state index in [1.807, 2.05) is 32.9 Å². The molecule has 0 aliphatic carbocycles. The van der Waals surface area contributed by atoms with E-state index in [-0.39, 0.29) is 6.04 Å². The summed E-state index contributed by atoms with van der Waals surface area (Å²) in [5, 5.41) is 7.88. The fraction of sp³-hybridized carbons (Fsp3) is 0.286. The highest BCUT2D eigenvalue weighted by Gasteiger charge is 2.17. The van der Waals surface area contributed by atoms with Gasteiger partial charge in [-0.1, -0.05) is 29.0 Å². The van der Waals surface area contributed by atoms with E-state index in [2.05, 4.69) is 10.5 Å². The van der Waals surface area contributed by atoms with Crippen LogP contribution in [-0.2, 0) is 0 Å². The number of aryl methyl sites for hydroxylation is 2. The Morgan fingerprint density at radius 2 is 2.15 bits per heavy atom. The predicted octanol–water partition coefficient (Wildman–Crippen LogP) is 3.75. The molecule has 1 atom stereocenters. The first-order valence-corrected chi connectivity index (χ1v) is 6.97. The molecule has 106 valence electrons. The number of anilines is 1. The molecule has 0 aliphatic rings. The van der Waals surface area contributed by atoms with Crippen molar-refractivity contribution in [1.82, 2.24) is 5.16 Å². The summed E-state index contributed by atoms with van der Waals surface area (Å²) in [5.41, 5.74) is 9.07. The lowest BCUT2D eigenvalue weighted by molar-refractivity contribution is 0.392. The van der Waals surface area contributed by atoms with Gasteiger partial charge in [0.05, 0.1) is 22.4 Å². The van der Waals surface area contributed by atoms with Gasteiger partial charge in [0.25, 0.3) is 0 Å². The van der Waals surface area contributed by atoms with E-state index in [1.165, 1.54) is 0 Å². The van der Waals surface area contributed by atoms with E-state index in [0.717, 1.165) is 28.3 Å². The summed E-state index contributed by atoms with van der Waals surface area (Å²) in [5.74, 6) is 0.804. The summed E-state index contributed by atoms with van der Waals surface area (Å²) in [4.78, 5) is 0.331. The number of nitrogens with one attached hydrogen (secondary N) is 1. The molecular formula is C14H16ClN3OS. The van der Waals surface area contributed by atoms with Crippen molar-refractivity contribution in [2.24, 2.45) is 5.73 Å². The number of hydrogen-bond donors (Lipinski definition) is 2. The van der Waals surface area contributed by atoms with Crippen molar-refractivity contribution in [3.05, 3.63) is 45.8 Å². The summed E-state index contributed by atoms with van der Waals surface area (Å²) in [6.45, 7) is 5.84. The van der Waals surface area contributed by atoms with Crippen LogP contribution in [0.4, 0.5) is 5.69 Å². The normalized spacial score (nSPS) is 12.2.